The molecule has 0 aliphatic carbocycles. The van der Waals surface area contributed by atoms with Gasteiger partial charge in [0.1, 0.15) is 5.01 Å². The zero-order valence-electron chi connectivity index (χ0n) is 12.0. The molecule has 0 aromatic carbocycles. The molecule has 2 aromatic rings. The van der Waals surface area contributed by atoms with E-state index in [2.05, 4.69) is 4.98 Å². The molecule has 0 aliphatic rings. The van der Waals surface area contributed by atoms with Gasteiger partial charge in [-0.15, -0.1) is 11.3 Å². The maximum atomic E-state index is 11.9. The summed E-state index contributed by atoms with van der Waals surface area (Å²) in [6.45, 7) is 3.53. The lowest BCUT2D eigenvalue weighted by atomic mass is 10.3. The highest BCUT2D eigenvalue weighted by Gasteiger charge is 2.17. The maximum absolute atomic E-state index is 11.9. The number of thiazole rings is 1. The van der Waals surface area contributed by atoms with Crippen LogP contribution in [-0.4, -0.2) is 41.5 Å². The van der Waals surface area contributed by atoms with Crippen molar-refractivity contribution in [3.63, 3.8) is 0 Å². The average molecular weight is 324 g/mol. The van der Waals surface area contributed by atoms with Crippen molar-refractivity contribution in [2.75, 3.05) is 13.7 Å². The van der Waals surface area contributed by atoms with Crippen LogP contribution in [0.15, 0.2) is 22.2 Å². The molecule has 0 saturated heterocycles. The van der Waals surface area contributed by atoms with Crippen molar-refractivity contribution in [1.82, 2.24) is 9.88 Å². The summed E-state index contributed by atoms with van der Waals surface area (Å²) < 4.78 is 5.01. The third-order valence-electron chi connectivity index (χ3n) is 2.98. The molecule has 2 aromatic heterocycles. The van der Waals surface area contributed by atoms with E-state index in [9.17, 15) is 9.59 Å². The van der Waals surface area contributed by atoms with Crippen LogP contribution in [0.5, 0.6) is 0 Å². The average Bonchev–Trinajstić information content (AvgIpc) is 3.12. The summed E-state index contributed by atoms with van der Waals surface area (Å²) in [5.41, 5.74) is 1.22. The quantitative estimate of drug-likeness (QED) is 0.794. The van der Waals surface area contributed by atoms with Gasteiger partial charge in [0.15, 0.2) is 12.3 Å². The molecule has 0 atom stereocenters. The third-order valence-corrected chi connectivity index (χ3v) is 4.55. The van der Waals surface area contributed by atoms with Gasteiger partial charge >= 0.3 is 5.97 Å². The molecule has 7 heteroatoms. The molecule has 0 spiro atoms. The van der Waals surface area contributed by atoms with E-state index in [1.165, 1.54) is 16.2 Å². The predicted molar refractivity (Wildman–Crippen MR) is 83.6 cm³/mol. The number of carbonyl (C=O) groups excluding carboxylic acids is 2. The Labute approximate surface area is 131 Å². The van der Waals surface area contributed by atoms with Gasteiger partial charge in [0.25, 0.3) is 5.91 Å². The third kappa shape index (κ3) is 3.89. The van der Waals surface area contributed by atoms with Crippen LogP contribution in [0.4, 0.5) is 0 Å². The first-order valence-corrected chi connectivity index (χ1v) is 8.22. The van der Waals surface area contributed by atoms with E-state index >= 15 is 0 Å². The van der Waals surface area contributed by atoms with Gasteiger partial charge in [0, 0.05) is 29.4 Å². The fourth-order valence-electron chi connectivity index (χ4n) is 1.48. The van der Waals surface area contributed by atoms with Crippen molar-refractivity contribution >= 4 is 34.6 Å². The zero-order valence-corrected chi connectivity index (χ0v) is 13.7. The van der Waals surface area contributed by atoms with E-state index in [1.54, 1.807) is 23.8 Å². The summed E-state index contributed by atoms with van der Waals surface area (Å²) in [5.74, 6) is -0.801. The molecule has 0 saturated carbocycles. The fraction of sp³-hybridized carbons (Fsp3) is 0.357. The molecule has 1 amide bonds. The number of carbonyl (C=O) groups is 2. The van der Waals surface area contributed by atoms with E-state index < -0.39 is 5.97 Å². The molecule has 112 valence electrons. The minimum Gasteiger partial charge on any atom is -0.451 e. The predicted octanol–water partition coefficient (Wildman–Crippen LogP) is 2.90. The molecule has 0 aliphatic heterocycles. The first kappa shape index (κ1) is 15.7. The van der Waals surface area contributed by atoms with Crippen LogP contribution in [0.1, 0.15) is 24.3 Å². The van der Waals surface area contributed by atoms with Crippen LogP contribution in [0.25, 0.3) is 10.6 Å². The Balaban J connectivity index is 1.94. The van der Waals surface area contributed by atoms with E-state index in [-0.39, 0.29) is 24.2 Å². The Kier molecular flexibility index (Phi) is 5.08. The Bertz CT molecular complexity index is 620. The first-order valence-electron chi connectivity index (χ1n) is 6.40. The number of aromatic nitrogens is 1. The van der Waals surface area contributed by atoms with E-state index in [0.29, 0.717) is 0 Å². The van der Waals surface area contributed by atoms with Crippen LogP contribution < -0.4 is 0 Å². The van der Waals surface area contributed by atoms with Gasteiger partial charge in [-0.05, 0) is 25.3 Å². The van der Waals surface area contributed by atoms with Gasteiger partial charge in [0.2, 0.25) is 0 Å². The number of likely N-dealkylation sites (N-methyl/N-ethyl adjacent to an activating group) is 1. The van der Waals surface area contributed by atoms with Crippen molar-refractivity contribution in [3.8, 4) is 10.6 Å². The number of hydrogen-bond donors (Lipinski definition) is 0. The molecular formula is C14H16N2O3S2. The van der Waals surface area contributed by atoms with Gasteiger partial charge in [-0.1, -0.05) is 0 Å². The van der Waals surface area contributed by atoms with Crippen molar-refractivity contribution in [1.29, 1.82) is 0 Å². The van der Waals surface area contributed by atoms with Crippen molar-refractivity contribution in [3.05, 3.63) is 27.9 Å². The van der Waals surface area contributed by atoms with Crippen molar-refractivity contribution in [2.45, 2.75) is 19.9 Å². The summed E-state index contributed by atoms with van der Waals surface area (Å²) in [7, 11) is 1.68. The maximum Gasteiger partial charge on any atom is 0.358 e. The number of rotatable bonds is 5. The minimum absolute atomic E-state index is 0.0701. The van der Waals surface area contributed by atoms with Crippen LogP contribution in [0.2, 0.25) is 0 Å². The monoisotopic (exact) mass is 324 g/mol. The summed E-state index contributed by atoms with van der Waals surface area (Å²) in [4.78, 5) is 29.4. The Morgan fingerprint density at radius 1 is 1.38 bits per heavy atom. The second-order valence-electron chi connectivity index (χ2n) is 4.72. The van der Waals surface area contributed by atoms with Crippen molar-refractivity contribution in [2.24, 2.45) is 0 Å². The summed E-state index contributed by atoms with van der Waals surface area (Å²) in [5, 5.41) is 6.34. The SMILES string of the molecule is CC(C)N(C)C(=O)COC(=O)c1csc(-c2ccsc2)n1. The summed E-state index contributed by atoms with van der Waals surface area (Å²) >= 11 is 2.95. The highest BCUT2D eigenvalue weighted by Crippen LogP contribution is 2.25. The molecule has 2 rings (SSSR count). The highest BCUT2D eigenvalue weighted by molar-refractivity contribution is 7.14. The molecule has 21 heavy (non-hydrogen) atoms. The lowest BCUT2D eigenvalue weighted by Gasteiger charge is -2.20. The summed E-state index contributed by atoms with van der Waals surface area (Å²) in [6.07, 6.45) is 0. The molecular weight excluding hydrogens is 308 g/mol. The zero-order chi connectivity index (χ0) is 15.4. The highest BCUT2D eigenvalue weighted by atomic mass is 32.1. The number of amides is 1. The van der Waals surface area contributed by atoms with Crippen LogP contribution in [0, 0.1) is 0 Å². The molecule has 5 nitrogen and oxygen atoms in total. The van der Waals surface area contributed by atoms with Crippen LogP contribution in [0.3, 0.4) is 0 Å². The number of hydrogen-bond acceptors (Lipinski definition) is 6. The standard InChI is InChI=1S/C14H16N2O3S2/c1-9(2)16(3)12(17)6-19-14(18)11-8-21-13(15-11)10-4-5-20-7-10/h4-5,7-9H,6H2,1-3H3. The normalized spacial score (nSPS) is 10.7. The Morgan fingerprint density at radius 2 is 2.14 bits per heavy atom. The molecule has 0 N–H and O–H groups in total. The molecule has 0 bridgehead atoms. The largest absolute Gasteiger partial charge is 0.451 e. The first-order chi connectivity index (χ1) is 9.99. The van der Waals surface area contributed by atoms with Crippen LogP contribution in [-0.2, 0) is 9.53 Å². The minimum atomic E-state index is -0.571. The molecule has 0 unspecified atom stereocenters. The molecule has 0 radical (unpaired) electrons. The second-order valence-corrected chi connectivity index (χ2v) is 6.36. The van der Waals surface area contributed by atoms with Gasteiger partial charge in [-0.3, -0.25) is 4.79 Å². The van der Waals surface area contributed by atoms with Gasteiger partial charge in [-0.25, -0.2) is 9.78 Å². The number of esters is 1. The smallest absolute Gasteiger partial charge is 0.358 e. The van der Waals surface area contributed by atoms with E-state index in [0.717, 1.165) is 10.6 Å². The van der Waals surface area contributed by atoms with Gasteiger partial charge in [0.05, 0.1) is 0 Å². The lowest BCUT2D eigenvalue weighted by molar-refractivity contribution is -0.134. The number of nitrogens with zero attached hydrogens (tertiary/aromatic N) is 2. The summed E-state index contributed by atoms with van der Waals surface area (Å²) in [6, 6.07) is 2.01. The lowest BCUT2D eigenvalue weighted by Crippen LogP contribution is -2.36. The Hall–Kier alpha value is -1.73. The topological polar surface area (TPSA) is 59.5 Å². The Morgan fingerprint density at radius 3 is 2.76 bits per heavy atom. The van der Waals surface area contributed by atoms with Gasteiger partial charge < -0.3 is 9.64 Å². The van der Waals surface area contributed by atoms with Crippen LogP contribution >= 0.6 is 22.7 Å². The fourth-order valence-corrected chi connectivity index (χ4v) is 2.98. The van der Waals surface area contributed by atoms with E-state index in [1.807, 2.05) is 30.7 Å². The van der Waals surface area contributed by atoms with Gasteiger partial charge in [-0.2, -0.15) is 11.3 Å². The second kappa shape index (κ2) is 6.82. The number of ether oxygens (including phenoxy) is 1. The molecule has 2 heterocycles. The van der Waals surface area contributed by atoms with E-state index in [4.69, 9.17) is 4.74 Å². The molecule has 0 fully saturated rings. The van der Waals surface area contributed by atoms with Crippen molar-refractivity contribution < 1.29 is 14.3 Å². The number of thiophene rings is 1.